The Balaban J connectivity index is 1.75. The van der Waals surface area contributed by atoms with Gasteiger partial charge in [0.2, 0.25) is 0 Å². The number of rotatable bonds is 7. The van der Waals surface area contributed by atoms with Crippen LogP contribution >= 0.6 is 11.8 Å². The molecule has 1 aromatic heterocycles. The van der Waals surface area contributed by atoms with Crippen LogP contribution in [-0.2, 0) is 6.54 Å². The van der Waals surface area contributed by atoms with Gasteiger partial charge in [0, 0.05) is 17.6 Å². The van der Waals surface area contributed by atoms with E-state index in [4.69, 9.17) is 9.47 Å². The van der Waals surface area contributed by atoms with Gasteiger partial charge >= 0.3 is 0 Å². The van der Waals surface area contributed by atoms with Gasteiger partial charge in [0.25, 0.3) is 5.91 Å². The van der Waals surface area contributed by atoms with E-state index in [1.165, 1.54) is 17.3 Å². The van der Waals surface area contributed by atoms with Crippen LogP contribution in [-0.4, -0.2) is 25.1 Å². The molecule has 6 heteroatoms. The third-order valence-corrected chi connectivity index (χ3v) is 5.65. The van der Waals surface area contributed by atoms with Crippen LogP contribution < -0.4 is 14.8 Å². The highest BCUT2D eigenvalue weighted by molar-refractivity contribution is 7.99. The first-order valence-corrected chi connectivity index (χ1v) is 10.0. The minimum absolute atomic E-state index is 0.167. The first kappa shape index (κ1) is 20.7. The van der Waals surface area contributed by atoms with E-state index in [0.29, 0.717) is 28.6 Å². The fourth-order valence-electron chi connectivity index (χ4n) is 2.93. The number of carbonyl (C=O) groups excluding carboxylic acids is 1. The molecule has 3 aromatic rings. The van der Waals surface area contributed by atoms with Crippen LogP contribution in [0.2, 0.25) is 0 Å². The average Bonchev–Trinajstić information content (AvgIpc) is 2.74. The van der Waals surface area contributed by atoms with Crippen molar-refractivity contribution in [2.45, 2.75) is 30.3 Å². The van der Waals surface area contributed by atoms with Crippen molar-refractivity contribution in [2.75, 3.05) is 14.2 Å². The third-order valence-electron chi connectivity index (χ3n) is 4.45. The van der Waals surface area contributed by atoms with Crippen LogP contribution in [0.4, 0.5) is 0 Å². The number of hydrogen-bond donors (Lipinski definition) is 1. The van der Waals surface area contributed by atoms with Gasteiger partial charge < -0.3 is 14.8 Å². The number of nitrogens with zero attached hydrogens (tertiary/aromatic N) is 1. The first-order valence-electron chi connectivity index (χ1n) is 9.21. The molecule has 0 aliphatic heterocycles. The Morgan fingerprint density at radius 3 is 2.55 bits per heavy atom. The van der Waals surface area contributed by atoms with E-state index in [0.717, 1.165) is 16.0 Å². The van der Waals surface area contributed by atoms with Crippen LogP contribution in [0.25, 0.3) is 0 Å². The van der Waals surface area contributed by atoms with Crippen LogP contribution in [0, 0.1) is 13.8 Å². The number of aryl methyl sites for hydroxylation is 2. The van der Waals surface area contributed by atoms with E-state index in [1.54, 1.807) is 32.5 Å². The fraction of sp³-hybridized carbons (Fsp3) is 0.217. The molecular weight excluding hydrogens is 384 g/mol. The molecule has 0 bridgehead atoms. The van der Waals surface area contributed by atoms with E-state index in [1.807, 2.05) is 18.2 Å². The number of hydrogen-bond acceptors (Lipinski definition) is 5. The van der Waals surface area contributed by atoms with Crippen molar-refractivity contribution >= 4 is 17.7 Å². The topological polar surface area (TPSA) is 60.5 Å². The number of nitrogens with one attached hydrogen (secondary N) is 1. The van der Waals surface area contributed by atoms with E-state index in [-0.39, 0.29) is 5.91 Å². The van der Waals surface area contributed by atoms with Crippen molar-refractivity contribution in [3.8, 4) is 11.5 Å². The molecule has 0 fully saturated rings. The average molecular weight is 409 g/mol. The molecule has 1 amide bonds. The standard InChI is InChI=1S/C23H24N2O3S/c1-15-7-10-21(16(2)12-15)29-23-18(6-5-11-24-23)22(26)25-14-17-8-9-19(27-3)20(13-17)28-4/h5-13H,14H2,1-4H3,(H,25,26). The summed E-state index contributed by atoms with van der Waals surface area (Å²) in [5.74, 6) is 1.12. The second-order valence-electron chi connectivity index (χ2n) is 6.60. The van der Waals surface area contributed by atoms with Gasteiger partial charge in [0.05, 0.1) is 19.8 Å². The number of amides is 1. The van der Waals surface area contributed by atoms with E-state index in [2.05, 4.69) is 42.3 Å². The number of ether oxygens (including phenoxy) is 2. The zero-order valence-electron chi connectivity index (χ0n) is 17.0. The first-order chi connectivity index (χ1) is 14.0. The highest BCUT2D eigenvalue weighted by Crippen LogP contribution is 2.32. The van der Waals surface area contributed by atoms with Crippen LogP contribution in [0.3, 0.4) is 0 Å². The summed E-state index contributed by atoms with van der Waals surface area (Å²) in [6.45, 7) is 4.51. The fourth-order valence-corrected chi connectivity index (χ4v) is 3.88. The number of benzene rings is 2. The van der Waals surface area contributed by atoms with Gasteiger partial charge in [-0.25, -0.2) is 4.98 Å². The summed E-state index contributed by atoms with van der Waals surface area (Å²) in [6, 6.07) is 15.4. The summed E-state index contributed by atoms with van der Waals surface area (Å²) in [6.07, 6.45) is 1.71. The number of carbonyl (C=O) groups is 1. The van der Waals surface area contributed by atoms with Gasteiger partial charge in [0.1, 0.15) is 5.03 Å². The van der Waals surface area contributed by atoms with Gasteiger partial charge in [0.15, 0.2) is 11.5 Å². The van der Waals surface area contributed by atoms with Crippen molar-refractivity contribution in [1.29, 1.82) is 0 Å². The lowest BCUT2D eigenvalue weighted by Crippen LogP contribution is -2.23. The monoisotopic (exact) mass is 408 g/mol. The second-order valence-corrected chi connectivity index (χ2v) is 7.63. The summed E-state index contributed by atoms with van der Waals surface area (Å²) in [7, 11) is 3.18. The SMILES string of the molecule is COc1ccc(CNC(=O)c2cccnc2Sc2ccc(C)cc2C)cc1OC. The van der Waals surface area contributed by atoms with Gasteiger partial charge in [-0.1, -0.05) is 35.5 Å². The van der Waals surface area contributed by atoms with Crippen molar-refractivity contribution < 1.29 is 14.3 Å². The number of methoxy groups -OCH3 is 2. The maximum absolute atomic E-state index is 12.8. The maximum Gasteiger partial charge on any atom is 0.254 e. The second kappa shape index (κ2) is 9.47. The summed E-state index contributed by atoms with van der Waals surface area (Å²) in [5.41, 5.74) is 3.85. The maximum atomic E-state index is 12.8. The molecule has 0 atom stereocenters. The van der Waals surface area contributed by atoms with Crippen molar-refractivity contribution in [3.63, 3.8) is 0 Å². The van der Waals surface area contributed by atoms with Crippen LogP contribution in [0.15, 0.2) is 64.6 Å². The Morgan fingerprint density at radius 2 is 1.83 bits per heavy atom. The van der Waals surface area contributed by atoms with Gasteiger partial charge in [-0.15, -0.1) is 0 Å². The minimum atomic E-state index is -0.167. The van der Waals surface area contributed by atoms with Crippen LogP contribution in [0.5, 0.6) is 11.5 Å². The number of aromatic nitrogens is 1. The van der Waals surface area contributed by atoms with Crippen molar-refractivity contribution in [3.05, 3.63) is 77.0 Å². The Bertz CT molecular complexity index is 1020. The zero-order chi connectivity index (χ0) is 20.8. The molecule has 0 saturated carbocycles. The Labute approximate surface area is 175 Å². The normalized spacial score (nSPS) is 10.5. The quantitative estimate of drug-likeness (QED) is 0.609. The largest absolute Gasteiger partial charge is 0.493 e. The summed E-state index contributed by atoms with van der Waals surface area (Å²) < 4.78 is 10.6. The van der Waals surface area contributed by atoms with Crippen molar-refractivity contribution in [2.24, 2.45) is 0 Å². The lowest BCUT2D eigenvalue weighted by molar-refractivity contribution is 0.0947. The van der Waals surface area contributed by atoms with Gasteiger partial charge in [-0.2, -0.15) is 0 Å². The Hall–Kier alpha value is -2.99. The highest BCUT2D eigenvalue weighted by atomic mass is 32.2. The molecule has 0 unspecified atom stereocenters. The molecule has 3 rings (SSSR count). The molecule has 150 valence electrons. The molecule has 0 saturated heterocycles. The molecule has 0 aliphatic carbocycles. The lowest BCUT2D eigenvalue weighted by atomic mass is 10.2. The molecule has 29 heavy (non-hydrogen) atoms. The molecule has 0 spiro atoms. The Kier molecular flexibility index (Phi) is 6.77. The van der Waals surface area contributed by atoms with Crippen LogP contribution in [0.1, 0.15) is 27.0 Å². The minimum Gasteiger partial charge on any atom is -0.493 e. The summed E-state index contributed by atoms with van der Waals surface area (Å²) in [4.78, 5) is 18.3. The molecule has 5 nitrogen and oxygen atoms in total. The zero-order valence-corrected chi connectivity index (χ0v) is 17.8. The number of pyridine rings is 1. The van der Waals surface area contributed by atoms with E-state index >= 15 is 0 Å². The molecule has 0 aliphatic rings. The van der Waals surface area contributed by atoms with Crippen molar-refractivity contribution in [1.82, 2.24) is 10.3 Å². The summed E-state index contributed by atoms with van der Waals surface area (Å²) >= 11 is 1.50. The lowest BCUT2D eigenvalue weighted by Gasteiger charge is -2.12. The van der Waals surface area contributed by atoms with E-state index in [9.17, 15) is 4.79 Å². The predicted octanol–water partition coefficient (Wildman–Crippen LogP) is 4.80. The summed E-state index contributed by atoms with van der Waals surface area (Å²) in [5, 5.41) is 3.65. The highest BCUT2D eigenvalue weighted by Gasteiger charge is 2.15. The smallest absolute Gasteiger partial charge is 0.254 e. The predicted molar refractivity (Wildman–Crippen MR) is 115 cm³/mol. The van der Waals surface area contributed by atoms with E-state index < -0.39 is 0 Å². The van der Waals surface area contributed by atoms with Gasteiger partial charge in [-0.05, 0) is 55.3 Å². The molecule has 1 heterocycles. The Morgan fingerprint density at radius 1 is 1.03 bits per heavy atom. The molecule has 1 N–H and O–H groups in total. The molecule has 2 aromatic carbocycles. The molecule has 0 radical (unpaired) electrons. The van der Waals surface area contributed by atoms with Gasteiger partial charge in [-0.3, -0.25) is 4.79 Å². The third kappa shape index (κ3) is 5.09. The molecular formula is C23H24N2O3S.